The number of aromatic carboxylic acids is 1. The normalized spacial score (nSPS) is 10.4. The van der Waals surface area contributed by atoms with Gasteiger partial charge in [0.25, 0.3) is 0 Å². The lowest BCUT2D eigenvalue weighted by molar-refractivity contribution is 0.0696. The van der Waals surface area contributed by atoms with E-state index in [0.29, 0.717) is 6.07 Å². The molecule has 4 N–H and O–H groups in total. The van der Waals surface area contributed by atoms with Crippen LogP contribution in [0.1, 0.15) is 10.4 Å². The molecule has 0 amide bonds. The molecule has 2 aromatic carbocycles. The van der Waals surface area contributed by atoms with Gasteiger partial charge in [0.2, 0.25) is 5.43 Å². The molecule has 2 rings (SSSR count). The highest BCUT2D eigenvalue weighted by molar-refractivity contribution is 5.99. The van der Waals surface area contributed by atoms with Gasteiger partial charge in [-0.3, -0.25) is 4.79 Å². The van der Waals surface area contributed by atoms with Crippen molar-refractivity contribution in [1.82, 2.24) is 0 Å². The van der Waals surface area contributed by atoms with Crippen LogP contribution >= 0.6 is 0 Å². The van der Waals surface area contributed by atoms with Crippen molar-refractivity contribution in [2.45, 2.75) is 0 Å². The van der Waals surface area contributed by atoms with Crippen LogP contribution < -0.4 is 5.43 Å². The number of carboxylic acids is 1. The van der Waals surface area contributed by atoms with Gasteiger partial charge < -0.3 is 20.4 Å². The van der Waals surface area contributed by atoms with Crippen LogP contribution in [0.4, 0.5) is 5.69 Å². The third-order valence-electron chi connectivity index (χ3n) is 2.69. The van der Waals surface area contributed by atoms with Gasteiger partial charge in [0.15, 0.2) is 17.2 Å². The van der Waals surface area contributed by atoms with E-state index in [2.05, 4.69) is 5.18 Å². The number of phenolic OH excluding ortho intramolecular Hbond substituents is 2. The molecule has 0 atom stereocenters. The van der Waals surface area contributed by atoms with Crippen molar-refractivity contribution in [2.24, 2.45) is 5.18 Å². The number of aromatic hydroxyl groups is 3. The number of rotatable bonds is 2. The second kappa shape index (κ2) is 4.50. The van der Waals surface area contributed by atoms with E-state index in [1.807, 2.05) is 0 Å². The summed E-state index contributed by atoms with van der Waals surface area (Å²) in [5.74, 6) is -3.99. The van der Waals surface area contributed by atoms with E-state index in [1.54, 1.807) is 0 Å². The largest absolute Gasteiger partial charge is 0.505 e. The number of fused-ring (bicyclic) bond motifs is 1. The quantitative estimate of drug-likeness (QED) is 0.607. The van der Waals surface area contributed by atoms with Crippen LogP contribution in [0, 0.1) is 4.91 Å². The molecule has 0 aliphatic carbocycles. The molecule has 0 fully saturated rings. The number of nitroso groups, excluding NO2 is 1. The maximum absolute atomic E-state index is 11.9. The zero-order chi connectivity index (χ0) is 15.0. The summed E-state index contributed by atoms with van der Waals surface area (Å²) in [5, 5.41) is 39.4. The maximum Gasteiger partial charge on any atom is 0.335 e. The molecular weight excluding hydrogens is 270 g/mol. The molecule has 0 heterocycles. The average Bonchev–Trinajstić information content (AvgIpc) is 2.48. The fraction of sp³-hybridized carbons (Fsp3) is 0. The summed E-state index contributed by atoms with van der Waals surface area (Å²) in [6, 6.07) is 2.57. The van der Waals surface area contributed by atoms with Gasteiger partial charge >= 0.3 is 5.97 Å². The summed E-state index contributed by atoms with van der Waals surface area (Å²) in [6.45, 7) is 0. The summed E-state index contributed by atoms with van der Waals surface area (Å²) < 4.78 is 0. The van der Waals surface area contributed by atoms with E-state index < -0.39 is 45.3 Å². The minimum Gasteiger partial charge on any atom is -0.505 e. The minimum absolute atomic E-state index is 0.157. The number of benzene rings is 1. The van der Waals surface area contributed by atoms with Crippen LogP contribution in [0.3, 0.4) is 0 Å². The van der Waals surface area contributed by atoms with Gasteiger partial charge in [-0.05, 0) is 28.8 Å². The van der Waals surface area contributed by atoms with Crippen molar-refractivity contribution in [3.05, 3.63) is 38.9 Å². The summed E-state index contributed by atoms with van der Waals surface area (Å²) >= 11 is 0. The number of hydrogen-bond acceptors (Lipinski definition) is 7. The Kier molecular flexibility index (Phi) is 2.99. The van der Waals surface area contributed by atoms with E-state index >= 15 is 0 Å². The third kappa shape index (κ3) is 1.88. The molecule has 20 heavy (non-hydrogen) atoms. The molecule has 0 aliphatic rings. The molecule has 0 radical (unpaired) electrons. The van der Waals surface area contributed by atoms with Crippen molar-refractivity contribution in [3.63, 3.8) is 0 Å². The fourth-order valence-electron chi connectivity index (χ4n) is 1.78. The number of nitrogens with zero attached hydrogens (tertiary/aromatic N) is 1. The van der Waals surface area contributed by atoms with Crippen molar-refractivity contribution < 1.29 is 25.2 Å². The number of hydrogen-bond donors (Lipinski definition) is 4. The zero-order valence-electron chi connectivity index (χ0n) is 9.69. The van der Waals surface area contributed by atoms with E-state index in [4.69, 9.17) is 5.11 Å². The number of carbonyl (C=O) groups is 1. The average molecular weight is 277 g/mol. The summed E-state index contributed by atoms with van der Waals surface area (Å²) in [4.78, 5) is 33.3. The summed E-state index contributed by atoms with van der Waals surface area (Å²) in [5.41, 5.74) is -2.29. The maximum atomic E-state index is 11.9. The first kappa shape index (κ1) is 13.3. The van der Waals surface area contributed by atoms with Crippen LogP contribution in [0.15, 0.2) is 28.2 Å². The van der Waals surface area contributed by atoms with Crippen LogP contribution in [0.25, 0.3) is 10.8 Å². The van der Waals surface area contributed by atoms with Crippen LogP contribution in [-0.4, -0.2) is 26.4 Å². The summed E-state index contributed by atoms with van der Waals surface area (Å²) in [6.07, 6.45) is 0. The van der Waals surface area contributed by atoms with E-state index in [9.17, 15) is 29.8 Å². The fourth-order valence-corrected chi connectivity index (χ4v) is 1.78. The third-order valence-corrected chi connectivity index (χ3v) is 2.69. The van der Waals surface area contributed by atoms with Crippen molar-refractivity contribution >= 4 is 22.4 Å². The monoisotopic (exact) mass is 277 g/mol. The molecule has 0 bridgehead atoms. The molecule has 8 nitrogen and oxygen atoms in total. The van der Waals surface area contributed by atoms with E-state index in [0.717, 1.165) is 12.1 Å². The van der Waals surface area contributed by atoms with Gasteiger partial charge in [-0.1, -0.05) is 0 Å². The van der Waals surface area contributed by atoms with Crippen molar-refractivity contribution in [2.75, 3.05) is 0 Å². The lowest BCUT2D eigenvalue weighted by Gasteiger charge is -2.02. The molecule has 0 saturated carbocycles. The van der Waals surface area contributed by atoms with E-state index in [1.165, 1.54) is 0 Å². The SMILES string of the molecule is O=Nc1c(O)cc2cc(C(=O)O)cc(O)c(=O)c2c1O. The lowest BCUT2D eigenvalue weighted by atomic mass is 10.1. The van der Waals surface area contributed by atoms with Gasteiger partial charge in [-0.25, -0.2) is 4.79 Å². The molecule has 0 saturated heterocycles. The topological polar surface area (TPSA) is 144 Å². The Morgan fingerprint density at radius 3 is 2.25 bits per heavy atom. The highest BCUT2D eigenvalue weighted by Crippen LogP contribution is 2.41. The molecule has 0 aliphatic heterocycles. The highest BCUT2D eigenvalue weighted by atomic mass is 16.4. The first-order chi connectivity index (χ1) is 9.36. The number of phenols is 2. The molecular formula is C12H7NO7. The predicted octanol–water partition coefficient (Wildman–Crippen LogP) is 1.41. The van der Waals surface area contributed by atoms with Gasteiger partial charge in [-0.15, -0.1) is 4.91 Å². The Morgan fingerprint density at radius 2 is 1.70 bits per heavy atom. The predicted molar refractivity (Wildman–Crippen MR) is 67.6 cm³/mol. The minimum atomic E-state index is -1.42. The van der Waals surface area contributed by atoms with Gasteiger partial charge in [-0.2, -0.15) is 0 Å². The van der Waals surface area contributed by atoms with Crippen molar-refractivity contribution in [3.8, 4) is 17.2 Å². The molecule has 2 aromatic rings. The Balaban J connectivity index is 3.13. The Hall–Kier alpha value is -3.16. The molecule has 0 unspecified atom stereocenters. The molecule has 102 valence electrons. The van der Waals surface area contributed by atoms with Gasteiger partial charge in [0.1, 0.15) is 5.75 Å². The summed E-state index contributed by atoms with van der Waals surface area (Å²) in [7, 11) is 0. The highest BCUT2D eigenvalue weighted by Gasteiger charge is 2.18. The smallest absolute Gasteiger partial charge is 0.335 e. The Morgan fingerprint density at radius 1 is 1.05 bits per heavy atom. The molecule has 0 aromatic heterocycles. The van der Waals surface area contributed by atoms with E-state index in [-0.39, 0.29) is 5.39 Å². The molecule has 0 spiro atoms. The first-order valence-electron chi connectivity index (χ1n) is 5.19. The van der Waals surface area contributed by atoms with Crippen molar-refractivity contribution in [1.29, 1.82) is 0 Å². The Labute approximate surface area is 110 Å². The second-order valence-corrected chi connectivity index (χ2v) is 3.91. The number of carboxylic acid groups (broad SMARTS) is 1. The first-order valence-corrected chi connectivity index (χ1v) is 5.19. The molecule has 8 heteroatoms. The second-order valence-electron chi connectivity index (χ2n) is 3.91. The zero-order valence-corrected chi connectivity index (χ0v) is 9.69. The Bertz CT molecular complexity index is 813. The van der Waals surface area contributed by atoms with Crippen LogP contribution in [0.2, 0.25) is 0 Å². The van der Waals surface area contributed by atoms with Gasteiger partial charge in [0.05, 0.1) is 10.9 Å². The van der Waals surface area contributed by atoms with Gasteiger partial charge in [0, 0.05) is 0 Å². The standard InChI is InChI=1S/C12H7NO7/c14-6-2-4-1-5(12(18)19)3-7(15)10(16)8(4)11(17)9(6)13-20/h1-3,14,17H,(H,15,16)(H,18,19). The lowest BCUT2D eigenvalue weighted by Crippen LogP contribution is -1.97. The van der Waals surface area contributed by atoms with Crippen LogP contribution in [0.5, 0.6) is 17.2 Å². The van der Waals surface area contributed by atoms with Crippen LogP contribution in [-0.2, 0) is 0 Å².